The molecule has 4 heteroatoms. The van der Waals surface area contributed by atoms with Crippen LogP contribution < -0.4 is 14.8 Å². The number of hydrogen-bond donors (Lipinski definition) is 1. The molecule has 1 amide bonds. The van der Waals surface area contributed by atoms with Gasteiger partial charge in [0.05, 0.1) is 6.61 Å². The highest BCUT2D eigenvalue weighted by Gasteiger charge is 2.17. The Hall–Kier alpha value is -2.49. The largest absolute Gasteiger partial charge is 0.493 e. The molecule has 0 saturated heterocycles. The van der Waals surface area contributed by atoms with Gasteiger partial charge >= 0.3 is 0 Å². The van der Waals surface area contributed by atoms with Crippen LogP contribution in [0.2, 0.25) is 0 Å². The Balaban J connectivity index is 1.71. The lowest BCUT2D eigenvalue weighted by molar-refractivity contribution is 0.0933. The van der Waals surface area contributed by atoms with Crippen LogP contribution in [0.1, 0.15) is 66.9 Å². The monoisotopic (exact) mass is 381 g/mol. The minimum absolute atomic E-state index is 0.00764. The molecule has 4 nitrogen and oxygen atoms in total. The molecule has 0 spiro atoms. The number of amides is 1. The first-order chi connectivity index (χ1) is 13.7. The summed E-state index contributed by atoms with van der Waals surface area (Å²) in [6, 6.07) is 13.9. The second-order valence-electron chi connectivity index (χ2n) is 7.52. The van der Waals surface area contributed by atoms with Crippen molar-refractivity contribution >= 4 is 5.91 Å². The molecule has 1 aliphatic carbocycles. The Kier molecular flexibility index (Phi) is 7.35. The smallest absolute Gasteiger partial charge is 0.251 e. The average Bonchev–Trinajstić information content (AvgIpc) is 2.96. The molecule has 3 rings (SSSR count). The molecule has 0 aliphatic heterocycles. The van der Waals surface area contributed by atoms with Gasteiger partial charge in [0.25, 0.3) is 5.91 Å². The van der Waals surface area contributed by atoms with Gasteiger partial charge in [-0.15, -0.1) is 0 Å². The van der Waals surface area contributed by atoms with Crippen LogP contribution in [0.3, 0.4) is 0 Å². The Morgan fingerprint density at radius 2 is 1.82 bits per heavy atom. The van der Waals surface area contributed by atoms with E-state index in [0.717, 1.165) is 35.5 Å². The highest BCUT2D eigenvalue weighted by molar-refractivity contribution is 5.94. The first kappa shape index (κ1) is 20.2. The number of aryl methyl sites for hydroxylation is 1. The molecule has 2 aromatic carbocycles. The quantitative estimate of drug-likeness (QED) is 0.651. The van der Waals surface area contributed by atoms with E-state index in [4.69, 9.17) is 9.47 Å². The third-order valence-corrected chi connectivity index (χ3v) is 5.20. The normalized spacial score (nSPS) is 14.9. The third-order valence-electron chi connectivity index (χ3n) is 5.20. The van der Waals surface area contributed by atoms with Gasteiger partial charge in [-0.1, -0.05) is 37.8 Å². The highest BCUT2D eigenvalue weighted by Crippen LogP contribution is 2.24. The SMILES string of the molecule is CCOc1ccc(C(=O)NC2CCCCCC2)cc1COc1cccc(C)c1. The van der Waals surface area contributed by atoms with Gasteiger partial charge in [-0.25, -0.2) is 0 Å². The molecule has 0 unspecified atom stereocenters. The van der Waals surface area contributed by atoms with Crippen molar-refractivity contribution in [2.45, 2.75) is 65.0 Å². The fraction of sp³-hybridized carbons (Fsp3) is 0.458. The Labute approximate surface area is 168 Å². The zero-order valence-electron chi connectivity index (χ0n) is 17.0. The van der Waals surface area contributed by atoms with E-state index in [2.05, 4.69) is 5.32 Å². The van der Waals surface area contributed by atoms with Crippen LogP contribution in [0, 0.1) is 6.92 Å². The van der Waals surface area contributed by atoms with Crippen molar-refractivity contribution in [2.75, 3.05) is 6.61 Å². The van der Waals surface area contributed by atoms with Crippen molar-refractivity contribution in [1.82, 2.24) is 5.32 Å². The van der Waals surface area contributed by atoms with Crippen LogP contribution in [0.25, 0.3) is 0 Å². The van der Waals surface area contributed by atoms with Crippen molar-refractivity contribution in [3.63, 3.8) is 0 Å². The van der Waals surface area contributed by atoms with Gasteiger partial charge in [0.2, 0.25) is 0 Å². The number of hydrogen-bond acceptors (Lipinski definition) is 3. The highest BCUT2D eigenvalue weighted by atomic mass is 16.5. The van der Waals surface area contributed by atoms with E-state index in [-0.39, 0.29) is 11.9 Å². The van der Waals surface area contributed by atoms with Crippen LogP contribution >= 0.6 is 0 Å². The summed E-state index contributed by atoms with van der Waals surface area (Å²) in [5.41, 5.74) is 2.70. The lowest BCUT2D eigenvalue weighted by Gasteiger charge is -2.17. The van der Waals surface area contributed by atoms with Crippen molar-refractivity contribution in [2.24, 2.45) is 0 Å². The molecular formula is C24H31NO3. The fourth-order valence-corrected chi connectivity index (χ4v) is 3.69. The van der Waals surface area contributed by atoms with Crippen LogP contribution in [0.5, 0.6) is 11.5 Å². The molecule has 1 saturated carbocycles. The fourth-order valence-electron chi connectivity index (χ4n) is 3.69. The van der Waals surface area contributed by atoms with Crippen LogP contribution in [0.15, 0.2) is 42.5 Å². The summed E-state index contributed by atoms with van der Waals surface area (Å²) in [6.07, 6.45) is 7.09. The number of carbonyl (C=O) groups excluding carboxylic acids is 1. The summed E-state index contributed by atoms with van der Waals surface area (Å²) in [5.74, 6) is 1.57. The maximum atomic E-state index is 12.8. The maximum absolute atomic E-state index is 12.8. The minimum atomic E-state index is -0.00764. The van der Waals surface area contributed by atoms with Gasteiger partial charge in [0, 0.05) is 17.2 Å². The molecule has 1 aliphatic rings. The first-order valence-corrected chi connectivity index (χ1v) is 10.4. The van der Waals surface area contributed by atoms with Gasteiger partial charge in [0.15, 0.2) is 0 Å². The van der Waals surface area contributed by atoms with E-state index in [1.807, 2.05) is 56.3 Å². The predicted octanol–water partition coefficient (Wildman–Crippen LogP) is 5.43. The number of benzene rings is 2. The average molecular weight is 382 g/mol. The van der Waals surface area contributed by atoms with Gasteiger partial charge in [-0.05, 0) is 62.6 Å². The molecule has 0 radical (unpaired) electrons. The molecule has 150 valence electrons. The standard InChI is InChI=1S/C24H31NO3/c1-3-27-23-14-13-19(24(26)25-21-10-6-4-5-7-11-21)16-20(23)17-28-22-12-8-9-18(2)15-22/h8-9,12-16,21H,3-7,10-11,17H2,1-2H3,(H,25,26). The summed E-state index contributed by atoms with van der Waals surface area (Å²) in [7, 11) is 0. The maximum Gasteiger partial charge on any atom is 0.251 e. The molecule has 0 bridgehead atoms. The lowest BCUT2D eigenvalue weighted by atomic mass is 10.1. The van der Waals surface area contributed by atoms with Crippen LogP contribution in [-0.2, 0) is 6.61 Å². The van der Waals surface area contributed by atoms with Crippen LogP contribution in [-0.4, -0.2) is 18.6 Å². The van der Waals surface area contributed by atoms with Gasteiger partial charge < -0.3 is 14.8 Å². The molecule has 28 heavy (non-hydrogen) atoms. The number of carbonyl (C=O) groups is 1. The van der Waals surface area contributed by atoms with Crippen molar-refractivity contribution < 1.29 is 14.3 Å². The summed E-state index contributed by atoms with van der Waals surface area (Å²) in [5, 5.41) is 3.21. The van der Waals surface area contributed by atoms with E-state index < -0.39 is 0 Å². The predicted molar refractivity (Wildman–Crippen MR) is 112 cm³/mol. The van der Waals surface area contributed by atoms with Gasteiger partial charge in [-0.2, -0.15) is 0 Å². The summed E-state index contributed by atoms with van der Waals surface area (Å²) >= 11 is 0. The van der Waals surface area contributed by atoms with Gasteiger partial charge in [0.1, 0.15) is 18.1 Å². The molecule has 2 aromatic rings. The third kappa shape index (κ3) is 5.75. The zero-order chi connectivity index (χ0) is 19.8. The zero-order valence-corrected chi connectivity index (χ0v) is 17.0. The van der Waals surface area contributed by atoms with E-state index >= 15 is 0 Å². The first-order valence-electron chi connectivity index (χ1n) is 10.4. The molecule has 1 N–H and O–H groups in total. The molecule has 0 atom stereocenters. The number of rotatable bonds is 7. The Bertz CT molecular complexity index is 779. The molecule has 1 fully saturated rings. The van der Waals surface area contributed by atoms with E-state index in [1.54, 1.807) is 0 Å². The molecular weight excluding hydrogens is 350 g/mol. The number of nitrogens with one attached hydrogen (secondary N) is 1. The summed E-state index contributed by atoms with van der Waals surface area (Å²) < 4.78 is 11.7. The topological polar surface area (TPSA) is 47.6 Å². The van der Waals surface area contributed by atoms with E-state index in [1.165, 1.54) is 25.7 Å². The molecule has 0 aromatic heterocycles. The summed E-state index contributed by atoms with van der Waals surface area (Å²) in [4.78, 5) is 12.8. The van der Waals surface area contributed by atoms with E-state index in [0.29, 0.717) is 18.8 Å². The van der Waals surface area contributed by atoms with Crippen molar-refractivity contribution in [3.05, 3.63) is 59.2 Å². The Morgan fingerprint density at radius 3 is 2.54 bits per heavy atom. The summed E-state index contributed by atoms with van der Waals surface area (Å²) in [6.45, 7) is 4.93. The molecule has 0 heterocycles. The lowest BCUT2D eigenvalue weighted by Crippen LogP contribution is -2.34. The van der Waals surface area contributed by atoms with Crippen molar-refractivity contribution in [3.8, 4) is 11.5 Å². The van der Waals surface area contributed by atoms with Gasteiger partial charge in [-0.3, -0.25) is 4.79 Å². The minimum Gasteiger partial charge on any atom is -0.493 e. The second-order valence-corrected chi connectivity index (χ2v) is 7.52. The van der Waals surface area contributed by atoms with Crippen molar-refractivity contribution in [1.29, 1.82) is 0 Å². The van der Waals surface area contributed by atoms with Crippen LogP contribution in [0.4, 0.5) is 0 Å². The number of ether oxygens (including phenoxy) is 2. The second kappa shape index (κ2) is 10.2. The van der Waals surface area contributed by atoms with E-state index in [9.17, 15) is 4.79 Å². The Morgan fingerprint density at radius 1 is 1.04 bits per heavy atom.